The summed E-state index contributed by atoms with van der Waals surface area (Å²) in [5, 5.41) is 51.4. The first-order valence-corrected chi connectivity index (χ1v) is 31.6. The van der Waals surface area contributed by atoms with Crippen molar-refractivity contribution in [2.45, 2.75) is 49.5 Å². The number of nitrogens with one attached hydrogen (secondary N) is 2. The van der Waals surface area contributed by atoms with Crippen molar-refractivity contribution in [2.24, 2.45) is 21.1 Å². The summed E-state index contributed by atoms with van der Waals surface area (Å²) in [5.41, 5.74) is 10.0. The Labute approximate surface area is 667 Å². The van der Waals surface area contributed by atoms with Crippen molar-refractivity contribution in [3.05, 3.63) is 227 Å². The summed E-state index contributed by atoms with van der Waals surface area (Å²) in [6.45, 7) is 9.51. The number of para-hydroxylation sites is 6. The van der Waals surface area contributed by atoms with Crippen molar-refractivity contribution in [3.63, 3.8) is 0 Å². The molecule has 0 aliphatic rings. The summed E-state index contributed by atoms with van der Waals surface area (Å²) < 4.78 is 24.4. The maximum Gasteiger partial charge on any atom is 1.00 e. The number of hydrogen-bond acceptors (Lipinski definition) is 17. The van der Waals surface area contributed by atoms with Gasteiger partial charge in [0, 0.05) is 83.8 Å². The van der Waals surface area contributed by atoms with Crippen LogP contribution in [0.4, 0.5) is 11.4 Å². The summed E-state index contributed by atoms with van der Waals surface area (Å²) >= 11 is 27.2. The maximum atomic E-state index is 9.20. The fraction of sp³-hybridized carbons (Fsp3) is 0.172. The van der Waals surface area contributed by atoms with Crippen LogP contribution in [0.25, 0.3) is 22.2 Å². The van der Waals surface area contributed by atoms with Gasteiger partial charge in [0.2, 0.25) is 0 Å². The van der Waals surface area contributed by atoms with Gasteiger partial charge in [0.25, 0.3) is 15.5 Å². The predicted molar refractivity (Wildman–Crippen MR) is 392 cm³/mol. The van der Waals surface area contributed by atoms with Gasteiger partial charge >= 0.3 is 65.2 Å². The van der Waals surface area contributed by atoms with Crippen LogP contribution in [0.2, 0.25) is 5.35 Å². The number of aryl methyl sites for hydroxylation is 5. The van der Waals surface area contributed by atoms with Gasteiger partial charge in [0.15, 0.2) is 33.5 Å². The van der Waals surface area contributed by atoms with Gasteiger partial charge in [0.05, 0.1) is 6.20 Å². The number of fused-ring (bicyclic) bond motifs is 2. The minimum atomic E-state index is -0.181. The number of rotatable bonds is 5. The molecule has 0 aliphatic carbocycles. The summed E-state index contributed by atoms with van der Waals surface area (Å²) in [5.74, 6) is 1.54. The summed E-state index contributed by atoms with van der Waals surface area (Å²) in [4.78, 5) is 29.2. The molecule has 7 heterocycles. The molecule has 0 unspecified atom stereocenters. The van der Waals surface area contributed by atoms with Crippen molar-refractivity contribution in [1.29, 1.82) is 0 Å². The van der Waals surface area contributed by atoms with Crippen LogP contribution in [-0.4, -0.2) is 66.0 Å². The van der Waals surface area contributed by atoms with E-state index in [1.165, 1.54) is 6.20 Å². The van der Waals surface area contributed by atoms with Crippen LogP contribution in [-0.2, 0) is 30.8 Å². The molecule has 93 heavy (non-hydrogen) atoms. The second-order valence-electron chi connectivity index (χ2n) is 17.5. The van der Waals surface area contributed by atoms with E-state index in [0.29, 0.717) is 35.2 Å². The summed E-state index contributed by atoms with van der Waals surface area (Å²) in [7, 11) is 5.66. The molecule has 488 valence electrons. The number of carbonyl (C=O) groups is 1. The van der Waals surface area contributed by atoms with Gasteiger partial charge < -0.3 is 89.3 Å². The number of thiocarbonyl (C=S) groups is 1. The summed E-state index contributed by atoms with van der Waals surface area (Å²) in [6, 6.07) is 52.2. The fourth-order valence-electron chi connectivity index (χ4n) is 6.35. The third-order valence-electron chi connectivity index (χ3n) is 11.3. The van der Waals surface area contributed by atoms with E-state index in [9.17, 15) is 5.11 Å². The number of hydrogen-bond donors (Lipinski definition) is 6. The molecule has 11 rings (SSSR count). The van der Waals surface area contributed by atoms with Gasteiger partial charge in [-0.1, -0.05) is 123 Å². The van der Waals surface area contributed by atoms with E-state index in [4.69, 9.17) is 87.2 Å². The van der Waals surface area contributed by atoms with Gasteiger partial charge in [0.1, 0.15) is 48.3 Å². The maximum absolute atomic E-state index is 9.20. The Balaban J connectivity index is -0.000000500. The average Bonchev–Trinajstić information content (AvgIpc) is 1.67. The van der Waals surface area contributed by atoms with Crippen molar-refractivity contribution >= 4 is 161 Å². The molecule has 29 heteroatoms. The molecule has 0 aliphatic heterocycles. The molecule has 7 aromatic heterocycles. The van der Waals surface area contributed by atoms with E-state index >= 15 is 0 Å². The molecule has 4 aromatic carbocycles. The Hall–Kier alpha value is -4.66. The Bertz CT molecular complexity index is 3920. The number of aromatic hydroxyl groups is 4. The van der Waals surface area contributed by atoms with Crippen molar-refractivity contribution in [3.8, 4) is 34.8 Å². The van der Waals surface area contributed by atoms with Crippen LogP contribution in [0.5, 0.6) is 34.8 Å². The van der Waals surface area contributed by atoms with Gasteiger partial charge in [-0.25, -0.2) is 4.98 Å². The first-order valence-electron chi connectivity index (χ1n) is 25.6. The fourth-order valence-corrected chi connectivity index (χ4v) is 8.35. The molecule has 11 aromatic rings. The standard InChI is InChI=1S/C14H12N2O2S.C13H12N2S.C7H4ClNO.C7H8INO.C7H9NOS.C6H6INO.C6H7NO.CH3I.CH2O3.2CH4.HI.2Na.H/c1-9-7-8-12(13(19)16(9)2)18-14-15-10-5-3-4-6-11(10)17-14;16-13(14-11-7-3-1-4-8-11)15-12-9-5-2-6-10-12;8-7-9-5-3-1-2-4-6(5)10-7;1-5-3-4-6(10)7(8)9(5)2;1-5-3-4-6(9)7(10)8(5)2;1-4-2-3-5(9)6(7)8-4;1-5-2-3-6(8)4-7-5;1-2;2-1-4-3;;;;;;/h3-8H,1-2H3;1-10H,(H2,14,15,16);1-4H;3-4H,1-2H3;3-4,9H,1-2H3;2-3,9H,1H3;2-4,8H,1H3;1H3;1,3H;2*1H4;1H;;;/q;;;;;;;;;;;;2*+1;-1/p-1. The van der Waals surface area contributed by atoms with Gasteiger partial charge in [-0.05, 0) is 182 Å². The van der Waals surface area contributed by atoms with Crippen LogP contribution in [0.1, 0.15) is 44.7 Å². The van der Waals surface area contributed by atoms with Crippen LogP contribution in [0, 0.1) is 51.3 Å². The largest absolute Gasteiger partial charge is 1.00 e. The van der Waals surface area contributed by atoms with E-state index in [0.717, 1.165) is 60.2 Å². The van der Waals surface area contributed by atoms with Gasteiger partial charge in [-0.2, -0.15) is 14.5 Å². The Morgan fingerprint density at radius 3 is 1.53 bits per heavy atom. The third kappa shape index (κ3) is 34.2. The molecule has 6 N–H and O–H groups in total. The van der Waals surface area contributed by atoms with E-state index in [-0.39, 0.29) is 135 Å². The first-order chi connectivity index (χ1) is 42.0. The topological polar surface area (TPSA) is 255 Å². The number of carbonyl (C=O) groups excluding carboxylic acids is 1. The molecule has 0 radical (unpaired) electrons. The van der Waals surface area contributed by atoms with Crippen molar-refractivity contribution in [1.82, 2.24) is 29.1 Å². The normalized spacial score (nSPS) is 9.10. The number of alkyl halides is 1. The Morgan fingerprint density at radius 2 is 1.09 bits per heavy atom. The van der Waals surface area contributed by atoms with Crippen LogP contribution >= 0.6 is 116 Å². The minimum Gasteiger partial charge on any atom is -1.00 e. The molecule has 0 atom stereocenters. The van der Waals surface area contributed by atoms with Crippen LogP contribution in [0.15, 0.2) is 185 Å². The Morgan fingerprint density at radius 1 is 0.634 bits per heavy atom. The zero-order valence-corrected chi connectivity index (χ0v) is 67.1. The second-order valence-corrected chi connectivity index (χ2v) is 21.1. The zero-order chi connectivity index (χ0) is 65.3. The van der Waals surface area contributed by atoms with Crippen LogP contribution < -0.4 is 108 Å². The number of halogens is 5. The van der Waals surface area contributed by atoms with Gasteiger partial charge in [-0.15, -0.1) is 0 Å². The molecule has 0 bridgehead atoms. The van der Waals surface area contributed by atoms with Crippen molar-refractivity contribution < 1.29 is 138 Å². The zero-order valence-electron chi connectivity index (χ0n) is 52.3. The summed E-state index contributed by atoms with van der Waals surface area (Å²) in [6.07, 6.45) is 1.63. The quantitative estimate of drug-likeness (QED) is 0.0112. The number of benzene rings is 4. The SMILES string of the molecule is C.C.CI.Cc1ccc(O)c(=S)n1C.Cc1ccc(O)c(I)[n+]1C.Cc1ccc(O)c(I)n1.Cc1ccc(O)cn1.Cc1ccc(Oc2nc3ccccc3o2)c(=S)n1C.Clc1nc2ccccc2o1.O=CO[O-].S=C(Nc1ccccc1)Nc1ccccc1.[H-].[I-].[Na+].[Na+]. The number of nitrogens with zero attached hydrogens (tertiary/aromatic N) is 7. The smallest absolute Gasteiger partial charge is 1.00 e. The van der Waals surface area contributed by atoms with E-state index in [2.05, 4.69) is 80.6 Å². The number of aromatic nitrogens is 7. The molecule has 0 saturated carbocycles. The van der Waals surface area contributed by atoms with Crippen LogP contribution in [0.3, 0.4) is 0 Å². The molecular weight excluding hydrogens is 1740 g/mol. The molecule has 0 spiro atoms. The second kappa shape index (κ2) is 50.7. The number of pyridine rings is 5. The van der Waals surface area contributed by atoms with Gasteiger partial charge in [-0.3, -0.25) is 9.78 Å². The van der Waals surface area contributed by atoms with E-state index in [1.54, 1.807) is 41.0 Å². The molecule has 0 fully saturated rings. The molecular formula is C64H72ClI4N9Na2O10S3. The molecule has 0 saturated heterocycles. The molecule has 0 amide bonds. The number of oxazole rings is 2. The third-order valence-corrected chi connectivity index (χ3v) is 14.7. The van der Waals surface area contributed by atoms with Crippen molar-refractivity contribution in [2.75, 3.05) is 15.6 Å². The monoisotopic (exact) mass is 1810 g/mol. The predicted octanol–water partition coefficient (Wildman–Crippen LogP) is 7.55. The Kier molecular flexibility index (Phi) is 50.4. The van der Waals surface area contributed by atoms with E-state index < -0.39 is 0 Å². The number of anilines is 2. The first kappa shape index (κ1) is 92.5. The number of ether oxygens (including phenoxy) is 1. The minimum absolute atomic E-state index is 0. The molecule has 19 nitrogen and oxygen atoms in total. The average molecular weight is 1810 g/mol. The van der Waals surface area contributed by atoms with E-state index in [1.807, 2.05) is 226 Å².